The number of hydrogen-bond donors (Lipinski definition) is 2. The number of aromatic nitrogens is 2. The molecule has 0 radical (unpaired) electrons. The van der Waals surface area contributed by atoms with Crippen LogP contribution in [0.4, 0.5) is 11.6 Å². The highest BCUT2D eigenvalue weighted by Gasteiger charge is 2.17. The van der Waals surface area contributed by atoms with Crippen molar-refractivity contribution < 1.29 is 4.79 Å². The maximum Gasteiger partial charge on any atom is 0.244 e. The Hall–Kier alpha value is -1.85. The van der Waals surface area contributed by atoms with Crippen molar-refractivity contribution in [2.24, 2.45) is 0 Å². The standard InChI is InChI=1S/C11H19N5O/c1-6-9(12)14-8(3)15-10(6)13-7(2)11(17)16(4)5/h7H,1-5H3,(H3,12,13,14,15). The molecule has 0 saturated heterocycles. The summed E-state index contributed by atoms with van der Waals surface area (Å²) < 4.78 is 0. The van der Waals surface area contributed by atoms with Crippen LogP contribution in [0, 0.1) is 13.8 Å². The number of carbonyl (C=O) groups excluding carboxylic acids is 1. The summed E-state index contributed by atoms with van der Waals surface area (Å²) in [5.74, 6) is 1.61. The second-order valence-electron chi connectivity index (χ2n) is 4.23. The van der Waals surface area contributed by atoms with Crippen molar-refractivity contribution in [3.05, 3.63) is 11.4 Å². The van der Waals surface area contributed by atoms with Gasteiger partial charge in [-0.3, -0.25) is 4.79 Å². The van der Waals surface area contributed by atoms with Crippen LogP contribution in [0.1, 0.15) is 18.3 Å². The van der Waals surface area contributed by atoms with E-state index in [0.717, 1.165) is 5.56 Å². The van der Waals surface area contributed by atoms with Gasteiger partial charge >= 0.3 is 0 Å². The Morgan fingerprint density at radius 3 is 2.47 bits per heavy atom. The summed E-state index contributed by atoms with van der Waals surface area (Å²) in [5, 5.41) is 3.05. The average Bonchev–Trinajstić information content (AvgIpc) is 2.23. The lowest BCUT2D eigenvalue weighted by Crippen LogP contribution is -2.37. The van der Waals surface area contributed by atoms with E-state index in [-0.39, 0.29) is 11.9 Å². The minimum Gasteiger partial charge on any atom is -0.383 e. The number of nitrogens with zero attached hydrogens (tertiary/aromatic N) is 3. The van der Waals surface area contributed by atoms with Gasteiger partial charge in [-0.1, -0.05) is 0 Å². The van der Waals surface area contributed by atoms with Crippen LogP contribution < -0.4 is 11.1 Å². The molecule has 0 bridgehead atoms. The summed E-state index contributed by atoms with van der Waals surface area (Å²) in [6, 6.07) is -0.350. The van der Waals surface area contributed by atoms with Crippen LogP contribution in [-0.2, 0) is 4.79 Å². The van der Waals surface area contributed by atoms with Crippen molar-refractivity contribution in [2.45, 2.75) is 26.8 Å². The fraction of sp³-hybridized carbons (Fsp3) is 0.545. The predicted molar refractivity (Wildman–Crippen MR) is 67.7 cm³/mol. The zero-order chi connectivity index (χ0) is 13.2. The number of anilines is 2. The number of nitrogen functional groups attached to an aromatic ring is 1. The monoisotopic (exact) mass is 237 g/mol. The molecule has 1 heterocycles. The lowest BCUT2D eigenvalue weighted by Gasteiger charge is -2.19. The van der Waals surface area contributed by atoms with E-state index in [9.17, 15) is 4.79 Å². The zero-order valence-electron chi connectivity index (χ0n) is 10.9. The van der Waals surface area contributed by atoms with E-state index in [1.807, 2.05) is 6.92 Å². The molecule has 3 N–H and O–H groups in total. The van der Waals surface area contributed by atoms with Gasteiger partial charge in [0.2, 0.25) is 5.91 Å². The summed E-state index contributed by atoms with van der Waals surface area (Å²) >= 11 is 0. The molecule has 1 unspecified atom stereocenters. The Kier molecular flexibility index (Phi) is 3.88. The van der Waals surface area contributed by atoms with Crippen molar-refractivity contribution >= 4 is 17.5 Å². The summed E-state index contributed by atoms with van der Waals surface area (Å²) in [6.07, 6.45) is 0. The van der Waals surface area contributed by atoms with Gasteiger partial charge in [0, 0.05) is 19.7 Å². The molecule has 1 aromatic rings. The lowest BCUT2D eigenvalue weighted by atomic mass is 10.2. The van der Waals surface area contributed by atoms with Gasteiger partial charge in [-0.25, -0.2) is 9.97 Å². The maximum atomic E-state index is 11.7. The highest BCUT2D eigenvalue weighted by molar-refractivity contribution is 5.83. The molecule has 0 fully saturated rings. The largest absolute Gasteiger partial charge is 0.383 e. The van der Waals surface area contributed by atoms with Gasteiger partial charge < -0.3 is 16.0 Å². The van der Waals surface area contributed by atoms with E-state index in [4.69, 9.17) is 5.73 Å². The van der Waals surface area contributed by atoms with Crippen LogP contribution >= 0.6 is 0 Å². The molecule has 0 aliphatic carbocycles. The number of nitrogens with one attached hydrogen (secondary N) is 1. The van der Waals surface area contributed by atoms with Gasteiger partial charge in [0.1, 0.15) is 23.5 Å². The van der Waals surface area contributed by atoms with E-state index in [0.29, 0.717) is 17.5 Å². The topological polar surface area (TPSA) is 84.1 Å². The number of aryl methyl sites for hydroxylation is 1. The Balaban J connectivity index is 2.92. The Morgan fingerprint density at radius 2 is 1.94 bits per heavy atom. The molecule has 0 aromatic carbocycles. The van der Waals surface area contributed by atoms with Crippen LogP contribution in [0.25, 0.3) is 0 Å². The first-order valence-electron chi connectivity index (χ1n) is 5.41. The molecule has 6 heteroatoms. The highest BCUT2D eigenvalue weighted by Crippen LogP contribution is 2.17. The van der Waals surface area contributed by atoms with Gasteiger partial charge in [-0.15, -0.1) is 0 Å². The van der Waals surface area contributed by atoms with Crippen LogP contribution in [0.3, 0.4) is 0 Å². The average molecular weight is 237 g/mol. The van der Waals surface area contributed by atoms with E-state index in [2.05, 4.69) is 15.3 Å². The first-order chi connectivity index (χ1) is 7.82. The third-order valence-electron chi connectivity index (χ3n) is 2.46. The summed E-state index contributed by atoms with van der Waals surface area (Å²) in [6.45, 7) is 5.37. The fourth-order valence-electron chi connectivity index (χ4n) is 1.44. The van der Waals surface area contributed by atoms with E-state index < -0.39 is 0 Å². The van der Waals surface area contributed by atoms with Crippen molar-refractivity contribution in [3.8, 4) is 0 Å². The fourth-order valence-corrected chi connectivity index (χ4v) is 1.44. The molecule has 0 aliphatic heterocycles. The molecule has 0 spiro atoms. The van der Waals surface area contributed by atoms with E-state index in [1.165, 1.54) is 4.90 Å². The Labute approximate surface area is 101 Å². The number of carbonyl (C=O) groups is 1. The highest BCUT2D eigenvalue weighted by atomic mass is 16.2. The quantitative estimate of drug-likeness (QED) is 0.802. The molecule has 0 saturated carbocycles. The van der Waals surface area contributed by atoms with Gasteiger partial charge in [0.15, 0.2) is 0 Å². The van der Waals surface area contributed by atoms with Crippen LogP contribution in [0.2, 0.25) is 0 Å². The minimum atomic E-state index is -0.350. The number of hydrogen-bond acceptors (Lipinski definition) is 5. The van der Waals surface area contributed by atoms with Gasteiger partial charge in [0.25, 0.3) is 0 Å². The summed E-state index contributed by atoms with van der Waals surface area (Å²) in [4.78, 5) is 21.5. The summed E-state index contributed by atoms with van der Waals surface area (Å²) in [5.41, 5.74) is 6.50. The normalized spacial score (nSPS) is 12.1. The van der Waals surface area contributed by atoms with Gasteiger partial charge in [0.05, 0.1) is 0 Å². The molecule has 1 amide bonds. The van der Waals surface area contributed by atoms with Crippen molar-refractivity contribution in [1.29, 1.82) is 0 Å². The van der Waals surface area contributed by atoms with Gasteiger partial charge in [-0.2, -0.15) is 0 Å². The smallest absolute Gasteiger partial charge is 0.244 e. The molecule has 1 rings (SSSR count). The number of nitrogens with two attached hydrogens (primary N) is 1. The predicted octanol–water partition coefficient (Wildman–Crippen LogP) is 0.564. The Morgan fingerprint density at radius 1 is 1.35 bits per heavy atom. The van der Waals surface area contributed by atoms with Crippen molar-refractivity contribution in [3.63, 3.8) is 0 Å². The lowest BCUT2D eigenvalue weighted by molar-refractivity contribution is -0.129. The number of likely N-dealkylation sites (N-methyl/N-ethyl adjacent to an activating group) is 1. The molecule has 17 heavy (non-hydrogen) atoms. The summed E-state index contributed by atoms with van der Waals surface area (Å²) in [7, 11) is 3.43. The molecule has 1 aromatic heterocycles. The molecule has 0 aliphatic rings. The van der Waals surface area contributed by atoms with Crippen LogP contribution in [0.15, 0.2) is 0 Å². The van der Waals surface area contributed by atoms with Crippen LogP contribution in [0.5, 0.6) is 0 Å². The Bertz CT molecular complexity index is 430. The third-order valence-corrected chi connectivity index (χ3v) is 2.46. The van der Waals surface area contributed by atoms with Crippen molar-refractivity contribution in [1.82, 2.24) is 14.9 Å². The molecular weight excluding hydrogens is 218 g/mol. The molecular formula is C11H19N5O. The zero-order valence-corrected chi connectivity index (χ0v) is 10.9. The van der Waals surface area contributed by atoms with Crippen LogP contribution in [-0.4, -0.2) is 40.9 Å². The maximum absolute atomic E-state index is 11.7. The number of rotatable bonds is 3. The number of amides is 1. The second-order valence-corrected chi connectivity index (χ2v) is 4.23. The molecule has 94 valence electrons. The van der Waals surface area contributed by atoms with Crippen molar-refractivity contribution in [2.75, 3.05) is 25.1 Å². The SMILES string of the molecule is Cc1nc(N)c(C)c(NC(C)C(=O)N(C)C)n1. The third kappa shape index (κ3) is 3.05. The molecule has 6 nitrogen and oxygen atoms in total. The first-order valence-corrected chi connectivity index (χ1v) is 5.41. The van der Waals surface area contributed by atoms with Gasteiger partial charge in [-0.05, 0) is 20.8 Å². The molecule has 1 atom stereocenters. The van der Waals surface area contributed by atoms with E-state index >= 15 is 0 Å². The minimum absolute atomic E-state index is 0.0146. The second kappa shape index (κ2) is 4.99. The van der Waals surface area contributed by atoms with E-state index in [1.54, 1.807) is 27.9 Å². The first kappa shape index (κ1) is 13.2.